The van der Waals surface area contributed by atoms with Crippen LogP contribution in [0.3, 0.4) is 0 Å². The lowest BCUT2D eigenvalue weighted by Gasteiger charge is -2.04. The van der Waals surface area contributed by atoms with Crippen LogP contribution in [0.25, 0.3) is 6.08 Å². The van der Waals surface area contributed by atoms with Crippen LogP contribution in [0.4, 0.5) is 4.79 Å². The maximum Gasteiger partial charge on any atom is 0.293 e. The number of nitrogens with zero attached hydrogens (tertiary/aromatic N) is 1. The molecule has 2 amide bonds. The number of thioether (sulfide) groups is 1. The van der Waals surface area contributed by atoms with E-state index in [4.69, 9.17) is 0 Å². The monoisotopic (exact) mass is 377 g/mol. The standard InChI is InChI=1S/C11H8INO4S/c1-13-10(16)9(18-11(13)17)3-5-2-6(12)8(15)4-7(5)14/h2-4,14-15H,1H3/b9-3-. The second kappa shape index (κ2) is 4.81. The molecule has 0 aliphatic carbocycles. The fourth-order valence-electron chi connectivity index (χ4n) is 1.37. The zero-order chi connectivity index (χ0) is 13.4. The molecule has 1 fully saturated rings. The van der Waals surface area contributed by atoms with Gasteiger partial charge in [-0.2, -0.15) is 0 Å². The van der Waals surface area contributed by atoms with Crippen molar-refractivity contribution in [1.82, 2.24) is 4.90 Å². The summed E-state index contributed by atoms with van der Waals surface area (Å²) in [6.07, 6.45) is 1.44. The molecule has 1 aromatic carbocycles. The molecule has 0 saturated carbocycles. The van der Waals surface area contributed by atoms with E-state index in [0.717, 1.165) is 16.7 Å². The van der Waals surface area contributed by atoms with Crippen LogP contribution in [0.2, 0.25) is 0 Å². The summed E-state index contributed by atoms with van der Waals surface area (Å²) in [5, 5.41) is 18.7. The summed E-state index contributed by atoms with van der Waals surface area (Å²) in [5.41, 5.74) is 0.385. The van der Waals surface area contributed by atoms with Gasteiger partial charge in [0.25, 0.3) is 11.1 Å². The van der Waals surface area contributed by atoms with Gasteiger partial charge >= 0.3 is 0 Å². The normalized spacial score (nSPS) is 17.9. The first-order valence-electron chi connectivity index (χ1n) is 4.83. The SMILES string of the molecule is CN1C(=O)S/C(=C\c2cc(I)c(O)cc2O)C1=O. The predicted octanol–water partition coefficient (Wildman–Crippen LogP) is 2.37. The third-order valence-electron chi connectivity index (χ3n) is 2.37. The van der Waals surface area contributed by atoms with Crippen LogP contribution in [0.1, 0.15) is 5.56 Å². The Hall–Kier alpha value is -1.22. The number of imide groups is 1. The van der Waals surface area contributed by atoms with E-state index < -0.39 is 5.91 Å². The van der Waals surface area contributed by atoms with Gasteiger partial charge in [0.15, 0.2) is 0 Å². The van der Waals surface area contributed by atoms with Gasteiger partial charge in [-0.25, -0.2) is 0 Å². The molecule has 5 nitrogen and oxygen atoms in total. The van der Waals surface area contributed by atoms with E-state index >= 15 is 0 Å². The van der Waals surface area contributed by atoms with Gasteiger partial charge in [0.1, 0.15) is 11.5 Å². The maximum absolute atomic E-state index is 11.7. The lowest BCUT2D eigenvalue weighted by atomic mass is 10.1. The zero-order valence-electron chi connectivity index (χ0n) is 9.18. The Bertz CT molecular complexity index is 585. The first-order chi connectivity index (χ1) is 8.40. The number of benzene rings is 1. The predicted molar refractivity (Wildman–Crippen MR) is 76.2 cm³/mol. The second-order valence-corrected chi connectivity index (χ2v) is 5.76. The Balaban J connectivity index is 2.43. The summed E-state index contributed by atoms with van der Waals surface area (Å²) in [4.78, 5) is 24.2. The number of likely N-dealkylation sites (N-methyl/N-ethyl adjacent to an activating group) is 1. The van der Waals surface area contributed by atoms with Gasteiger partial charge in [-0.15, -0.1) is 0 Å². The Labute approximate surface area is 121 Å². The lowest BCUT2D eigenvalue weighted by molar-refractivity contribution is -0.121. The van der Waals surface area contributed by atoms with E-state index in [2.05, 4.69) is 0 Å². The molecule has 0 spiro atoms. The maximum atomic E-state index is 11.7. The van der Waals surface area contributed by atoms with Gasteiger partial charge in [0.2, 0.25) is 0 Å². The molecular formula is C11H8INO4S. The van der Waals surface area contributed by atoms with Gasteiger partial charge < -0.3 is 10.2 Å². The van der Waals surface area contributed by atoms with E-state index in [-0.39, 0.29) is 21.6 Å². The van der Waals surface area contributed by atoms with Crippen LogP contribution in [0.15, 0.2) is 17.0 Å². The average Bonchev–Trinajstić information content (AvgIpc) is 2.54. The summed E-state index contributed by atoms with van der Waals surface area (Å²) < 4.78 is 0.548. The summed E-state index contributed by atoms with van der Waals surface area (Å²) in [6.45, 7) is 0. The number of hydrogen-bond donors (Lipinski definition) is 2. The largest absolute Gasteiger partial charge is 0.507 e. The lowest BCUT2D eigenvalue weighted by Crippen LogP contribution is -2.22. The number of carbonyl (C=O) groups excluding carboxylic acids is 2. The van der Waals surface area contributed by atoms with Crippen molar-refractivity contribution < 1.29 is 19.8 Å². The van der Waals surface area contributed by atoms with E-state index in [1.165, 1.54) is 25.3 Å². The Kier molecular flexibility index (Phi) is 3.53. The van der Waals surface area contributed by atoms with Crippen LogP contribution >= 0.6 is 34.4 Å². The molecule has 0 unspecified atom stereocenters. The fraction of sp³-hybridized carbons (Fsp3) is 0.0909. The van der Waals surface area contributed by atoms with Crippen molar-refractivity contribution in [3.8, 4) is 11.5 Å². The zero-order valence-corrected chi connectivity index (χ0v) is 12.2. The molecule has 18 heavy (non-hydrogen) atoms. The molecule has 0 radical (unpaired) electrons. The molecule has 1 aromatic rings. The minimum Gasteiger partial charge on any atom is -0.507 e. The van der Waals surface area contributed by atoms with E-state index in [0.29, 0.717) is 9.13 Å². The van der Waals surface area contributed by atoms with Crippen molar-refractivity contribution in [2.75, 3.05) is 7.05 Å². The van der Waals surface area contributed by atoms with E-state index in [1.54, 1.807) is 0 Å². The first-order valence-corrected chi connectivity index (χ1v) is 6.72. The van der Waals surface area contributed by atoms with Crippen molar-refractivity contribution in [1.29, 1.82) is 0 Å². The molecule has 1 aliphatic heterocycles. The van der Waals surface area contributed by atoms with Gasteiger partial charge in [-0.3, -0.25) is 14.5 Å². The van der Waals surface area contributed by atoms with Crippen LogP contribution in [-0.2, 0) is 4.79 Å². The molecule has 1 saturated heterocycles. The summed E-state index contributed by atoms with van der Waals surface area (Å²) in [5.74, 6) is -0.572. The molecule has 0 bridgehead atoms. The Morgan fingerprint density at radius 1 is 1.28 bits per heavy atom. The number of phenolic OH excluding ortho intramolecular Hbond substituents is 2. The number of hydrogen-bond acceptors (Lipinski definition) is 5. The fourth-order valence-corrected chi connectivity index (χ4v) is 2.68. The number of aromatic hydroxyl groups is 2. The van der Waals surface area contributed by atoms with Crippen LogP contribution in [0, 0.1) is 3.57 Å². The van der Waals surface area contributed by atoms with Gasteiger partial charge in [-0.1, -0.05) is 0 Å². The minimum atomic E-state index is -0.396. The van der Waals surface area contributed by atoms with Gasteiger partial charge in [0.05, 0.1) is 8.48 Å². The molecule has 2 rings (SSSR count). The molecule has 1 heterocycles. The van der Waals surface area contributed by atoms with Crippen LogP contribution < -0.4 is 0 Å². The number of amides is 2. The average molecular weight is 377 g/mol. The molecule has 7 heteroatoms. The summed E-state index contributed by atoms with van der Waals surface area (Å²) >= 11 is 2.73. The highest BCUT2D eigenvalue weighted by molar-refractivity contribution is 14.1. The van der Waals surface area contributed by atoms with Crippen LogP contribution in [0.5, 0.6) is 11.5 Å². The smallest absolute Gasteiger partial charge is 0.293 e. The highest BCUT2D eigenvalue weighted by Gasteiger charge is 2.31. The minimum absolute atomic E-state index is 0.0335. The molecule has 1 aliphatic rings. The number of rotatable bonds is 1. The number of carbonyl (C=O) groups is 2. The van der Waals surface area contributed by atoms with Gasteiger partial charge in [0, 0.05) is 18.7 Å². The summed E-state index contributed by atoms with van der Waals surface area (Å²) in [6, 6.07) is 2.73. The van der Waals surface area contributed by atoms with E-state index in [9.17, 15) is 19.8 Å². The van der Waals surface area contributed by atoms with Crippen LogP contribution in [-0.4, -0.2) is 33.3 Å². The topological polar surface area (TPSA) is 77.8 Å². The third kappa shape index (κ3) is 2.32. The summed E-state index contributed by atoms with van der Waals surface area (Å²) in [7, 11) is 1.40. The van der Waals surface area contributed by atoms with E-state index in [1.807, 2.05) is 22.6 Å². The highest BCUT2D eigenvalue weighted by Crippen LogP contribution is 2.35. The molecule has 94 valence electrons. The Morgan fingerprint density at radius 2 is 1.94 bits per heavy atom. The van der Waals surface area contributed by atoms with Crippen molar-refractivity contribution in [3.05, 3.63) is 26.2 Å². The molecular weight excluding hydrogens is 369 g/mol. The van der Waals surface area contributed by atoms with Crippen molar-refractivity contribution >= 4 is 51.6 Å². The quantitative estimate of drug-likeness (QED) is 0.581. The Morgan fingerprint density at radius 3 is 2.50 bits per heavy atom. The van der Waals surface area contributed by atoms with Crippen molar-refractivity contribution in [2.45, 2.75) is 0 Å². The number of halogens is 1. The number of phenols is 2. The highest BCUT2D eigenvalue weighted by atomic mass is 127. The van der Waals surface area contributed by atoms with Crippen molar-refractivity contribution in [2.24, 2.45) is 0 Å². The molecule has 0 aromatic heterocycles. The second-order valence-electron chi connectivity index (χ2n) is 3.60. The third-order valence-corrected chi connectivity index (χ3v) is 4.19. The van der Waals surface area contributed by atoms with Gasteiger partial charge in [-0.05, 0) is 46.5 Å². The molecule has 2 N–H and O–H groups in total. The first kappa shape index (κ1) is 13.2. The van der Waals surface area contributed by atoms with Crippen molar-refractivity contribution in [3.63, 3.8) is 0 Å². The molecule has 0 atom stereocenters.